The van der Waals surface area contributed by atoms with Crippen LogP contribution >= 0.6 is 58.0 Å². The highest BCUT2D eigenvalue weighted by Crippen LogP contribution is 2.43. The molecule has 0 radical (unpaired) electrons. The molecule has 1 amide bonds. The third-order valence-corrected chi connectivity index (χ3v) is 8.73. The zero-order valence-corrected chi connectivity index (χ0v) is 26.7. The van der Waals surface area contributed by atoms with Gasteiger partial charge in [0.05, 0.1) is 31.7 Å². The lowest BCUT2D eigenvalue weighted by atomic mass is 9.90. The van der Waals surface area contributed by atoms with Crippen LogP contribution in [0.4, 0.5) is 0 Å². The van der Waals surface area contributed by atoms with Gasteiger partial charge in [0.1, 0.15) is 5.15 Å². The second-order valence-electron chi connectivity index (χ2n) is 10.3. The number of aliphatic hydroxyl groups excluding tert-OH is 1. The lowest BCUT2D eigenvalue weighted by molar-refractivity contribution is -0.276. The number of imidazole rings is 1. The van der Waals surface area contributed by atoms with Gasteiger partial charge in [0.25, 0.3) is 9.70 Å². The Morgan fingerprint density at radius 2 is 1.65 bits per heavy atom. The van der Waals surface area contributed by atoms with Gasteiger partial charge in [0, 0.05) is 18.0 Å². The van der Waals surface area contributed by atoms with E-state index in [4.69, 9.17) is 67.5 Å². The molecule has 43 heavy (non-hydrogen) atoms. The van der Waals surface area contributed by atoms with Crippen molar-refractivity contribution in [1.82, 2.24) is 14.9 Å². The van der Waals surface area contributed by atoms with E-state index in [1.165, 1.54) is 0 Å². The fourth-order valence-electron chi connectivity index (χ4n) is 5.04. The predicted octanol–water partition coefficient (Wildman–Crippen LogP) is 7.83. The topological polar surface area (TPSA) is 85.6 Å². The van der Waals surface area contributed by atoms with Gasteiger partial charge in [0.2, 0.25) is 0 Å². The highest BCUT2D eigenvalue weighted by Gasteiger charge is 2.39. The van der Waals surface area contributed by atoms with Gasteiger partial charge >= 0.3 is 0 Å². The Kier molecular flexibility index (Phi) is 10.3. The van der Waals surface area contributed by atoms with E-state index in [2.05, 4.69) is 17.2 Å². The molecule has 2 N–H and O–H groups in total. The number of aliphatic hydroxyl groups is 1. The average Bonchev–Trinajstić information content (AvgIpc) is 3.33. The summed E-state index contributed by atoms with van der Waals surface area (Å²) in [7, 11) is 0. The Balaban J connectivity index is 1.40. The summed E-state index contributed by atoms with van der Waals surface area (Å²) in [5.41, 5.74) is 5.33. The number of halogens is 5. The maximum absolute atomic E-state index is 12.1. The fourth-order valence-corrected chi connectivity index (χ4v) is 5.56. The Bertz CT molecular complexity index is 1560. The number of ether oxygens (including phenoxy) is 2. The number of nitrogens with zero attached hydrogens (tertiary/aromatic N) is 2. The van der Waals surface area contributed by atoms with Gasteiger partial charge in [-0.2, -0.15) is 0 Å². The van der Waals surface area contributed by atoms with Gasteiger partial charge in [-0.25, -0.2) is 4.98 Å². The monoisotopic (exact) mass is 681 g/mol. The molecule has 0 bridgehead atoms. The van der Waals surface area contributed by atoms with Crippen molar-refractivity contribution in [3.8, 4) is 11.1 Å². The highest BCUT2D eigenvalue weighted by atomic mass is 35.6. The Labute approximate surface area is 274 Å². The van der Waals surface area contributed by atoms with Crippen LogP contribution in [0, 0.1) is 5.92 Å². The maximum atomic E-state index is 12.1. The zero-order chi connectivity index (χ0) is 30.7. The molecule has 4 atom stereocenters. The third kappa shape index (κ3) is 7.49. The summed E-state index contributed by atoms with van der Waals surface area (Å²) in [4.78, 5) is 16.2. The molecule has 0 unspecified atom stereocenters. The van der Waals surface area contributed by atoms with Crippen molar-refractivity contribution in [2.24, 2.45) is 5.92 Å². The van der Waals surface area contributed by atoms with Gasteiger partial charge in [-0.05, 0) is 27.8 Å². The van der Waals surface area contributed by atoms with E-state index in [9.17, 15) is 9.90 Å². The van der Waals surface area contributed by atoms with Gasteiger partial charge in [0.15, 0.2) is 11.4 Å². The largest absolute Gasteiger partial charge is 0.392 e. The molecule has 7 nitrogen and oxygen atoms in total. The minimum absolute atomic E-state index is 0.0373. The van der Waals surface area contributed by atoms with Crippen molar-refractivity contribution in [3.05, 3.63) is 112 Å². The summed E-state index contributed by atoms with van der Waals surface area (Å²) in [6.07, 6.45) is 0.342. The molecule has 5 rings (SSSR count). The molecule has 12 heteroatoms. The Morgan fingerprint density at radius 3 is 2.28 bits per heavy atom. The molecule has 1 aromatic heterocycles. The van der Waals surface area contributed by atoms with E-state index in [0.29, 0.717) is 11.7 Å². The smallest absolute Gasteiger partial charge is 0.272 e. The second-order valence-corrected chi connectivity index (χ2v) is 13.3. The zero-order valence-electron chi connectivity index (χ0n) is 22.9. The van der Waals surface area contributed by atoms with Crippen molar-refractivity contribution >= 4 is 63.9 Å². The second kappa shape index (κ2) is 13.8. The molecule has 2 heterocycles. The van der Waals surface area contributed by atoms with Gasteiger partial charge < -0.3 is 24.5 Å². The standard InChI is InChI=1S/C31H28Cl5N3O4/c1-18-25(15-39-17-38-27(32)28(39)33)42-29(43-26(18)21-8-6-19(16-40)7-9-21)22-12-10-20(11-13-22)24-5-3-2-4-23(24)14-37-30(41)31(34,35)36/h2-13,17-18,25-26,29,40H,14-16H2,1H3,(H,37,41)/t18-,25+,26+,29+/m0/s1. The fraction of sp³-hybridized carbons (Fsp3) is 0.290. The molecule has 1 fully saturated rings. The number of amides is 1. The van der Waals surface area contributed by atoms with Crippen molar-refractivity contribution in [3.63, 3.8) is 0 Å². The molecule has 226 valence electrons. The van der Waals surface area contributed by atoms with E-state index in [1.54, 1.807) is 10.9 Å². The molecule has 4 aromatic rings. The van der Waals surface area contributed by atoms with Crippen LogP contribution < -0.4 is 5.32 Å². The van der Waals surface area contributed by atoms with Crippen LogP contribution in [0.3, 0.4) is 0 Å². The first-order chi connectivity index (χ1) is 20.5. The summed E-state index contributed by atoms with van der Waals surface area (Å²) < 4.78 is 12.8. The minimum atomic E-state index is -2.04. The summed E-state index contributed by atoms with van der Waals surface area (Å²) >= 11 is 29.6. The first kappa shape index (κ1) is 32.1. The minimum Gasteiger partial charge on any atom is -0.392 e. The molecule has 1 aliphatic heterocycles. The molecule has 0 spiro atoms. The number of nitrogens with one attached hydrogen (secondary N) is 1. The number of aromatic nitrogens is 2. The predicted molar refractivity (Wildman–Crippen MR) is 169 cm³/mol. The summed E-state index contributed by atoms with van der Waals surface area (Å²) in [5.74, 6) is -0.750. The van der Waals surface area contributed by atoms with E-state index in [1.807, 2.05) is 72.8 Å². The first-order valence-electron chi connectivity index (χ1n) is 13.4. The molecular formula is C31H28Cl5N3O4. The third-order valence-electron chi connectivity index (χ3n) is 7.44. The van der Waals surface area contributed by atoms with Crippen LogP contribution in [0.25, 0.3) is 11.1 Å². The molecule has 1 saturated heterocycles. The SMILES string of the molecule is C[C@H]1[C@@H](Cn2cnc(Cl)c2Cl)O[C@@H](c2ccc(-c3ccccc3CNC(=O)C(Cl)(Cl)Cl)cc2)O[C@H]1c1ccc(CO)cc1. The summed E-state index contributed by atoms with van der Waals surface area (Å²) in [6, 6.07) is 23.2. The quantitative estimate of drug-likeness (QED) is 0.185. The molecule has 3 aromatic carbocycles. The summed E-state index contributed by atoms with van der Waals surface area (Å²) in [6.45, 7) is 2.65. The van der Waals surface area contributed by atoms with E-state index >= 15 is 0 Å². The number of carbonyl (C=O) groups is 1. The number of hydrogen-bond donors (Lipinski definition) is 2. The number of alkyl halides is 3. The van der Waals surface area contributed by atoms with Gasteiger partial charge in [-0.15, -0.1) is 0 Å². The molecule has 1 aliphatic rings. The number of carbonyl (C=O) groups excluding carboxylic acids is 1. The number of benzene rings is 3. The van der Waals surface area contributed by atoms with Crippen LogP contribution in [0.1, 0.15) is 41.6 Å². The average molecular weight is 684 g/mol. The lowest BCUT2D eigenvalue weighted by Gasteiger charge is -2.41. The summed E-state index contributed by atoms with van der Waals surface area (Å²) in [5, 5.41) is 12.7. The van der Waals surface area contributed by atoms with Crippen molar-refractivity contribution in [2.45, 2.75) is 48.9 Å². The Hall–Kier alpha value is -2.33. The van der Waals surface area contributed by atoms with Crippen LogP contribution in [-0.2, 0) is 34.0 Å². The normalized spacial score (nSPS) is 20.6. The highest BCUT2D eigenvalue weighted by molar-refractivity contribution is 6.76. The van der Waals surface area contributed by atoms with Crippen molar-refractivity contribution in [1.29, 1.82) is 0 Å². The van der Waals surface area contributed by atoms with E-state index in [0.717, 1.165) is 33.4 Å². The number of rotatable bonds is 8. The molecular weight excluding hydrogens is 656 g/mol. The molecule has 0 saturated carbocycles. The Morgan fingerprint density at radius 1 is 0.977 bits per heavy atom. The van der Waals surface area contributed by atoms with Crippen LogP contribution in [-0.4, -0.2) is 30.5 Å². The first-order valence-corrected chi connectivity index (χ1v) is 15.3. The van der Waals surface area contributed by atoms with Crippen LogP contribution in [0.15, 0.2) is 79.1 Å². The van der Waals surface area contributed by atoms with Gasteiger partial charge in [-0.1, -0.05) is 138 Å². The van der Waals surface area contributed by atoms with Crippen LogP contribution in [0.5, 0.6) is 0 Å². The maximum Gasteiger partial charge on any atom is 0.272 e. The number of hydrogen-bond acceptors (Lipinski definition) is 5. The van der Waals surface area contributed by atoms with Crippen molar-refractivity contribution in [2.75, 3.05) is 0 Å². The van der Waals surface area contributed by atoms with Crippen molar-refractivity contribution < 1.29 is 19.4 Å². The lowest BCUT2D eigenvalue weighted by Crippen LogP contribution is -2.39. The molecule has 0 aliphatic carbocycles. The van der Waals surface area contributed by atoms with Gasteiger partial charge in [-0.3, -0.25) is 4.79 Å². The van der Waals surface area contributed by atoms with Crippen LogP contribution in [0.2, 0.25) is 10.3 Å². The van der Waals surface area contributed by atoms with E-state index < -0.39 is 16.0 Å². The van der Waals surface area contributed by atoms with E-state index in [-0.39, 0.29) is 36.4 Å².